The van der Waals surface area contributed by atoms with Gasteiger partial charge in [0.05, 0.1) is 5.69 Å². The Bertz CT molecular complexity index is 1170. The van der Waals surface area contributed by atoms with Crippen molar-refractivity contribution in [3.8, 4) is 22.8 Å². The van der Waals surface area contributed by atoms with E-state index in [2.05, 4.69) is 17.1 Å². The summed E-state index contributed by atoms with van der Waals surface area (Å²) in [6, 6.07) is 31.9. The highest BCUT2D eigenvalue weighted by Crippen LogP contribution is 2.29. The summed E-state index contributed by atoms with van der Waals surface area (Å²) >= 11 is 0. The summed E-state index contributed by atoms with van der Waals surface area (Å²) in [4.78, 5) is 9.17. The Morgan fingerprint density at radius 3 is 2.23 bits per heavy atom. The van der Waals surface area contributed by atoms with Crippen LogP contribution in [-0.4, -0.2) is 17.5 Å². The highest BCUT2D eigenvalue weighted by molar-refractivity contribution is 5.95. The largest absolute Gasteiger partial charge is 0.475 e. The fourth-order valence-electron chi connectivity index (χ4n) is 3.46. The third-order valence-corrected chi connectivity index (χ3v) is 4.95. The molecule has 4 heteroatoms. The SMILES string of the molecule is c1ccc([C@H]2COC(c3cccc(Oc4cccc(-c5ccccn5)c4)c3)=N2)cc1. The van der Waals surface area contributed by atoms with Crippen molar-refractivity contribution in [2.24, 2.45) is 4.99 Å². The van der Waals surface area contributed by atoms with Crippen molar-refractivity contribution in [1.29, 1.82) is 0 Å². The van der Waals surface area contributed by atoms with Crippen LogP contribution in [0.4, 0.5) is 0 Å². The Kier molecular flexibility index (Phi) is 4.96. The van der Waals surface area contributed by atoms with E-state index in [9.17, 15) is 0 Å². The minimum absolute atomic E-state index is 0.0285. The zero-order chi connectivity index (χ0) is 20.2. The maximum absolute atomic E-state index is 6.11. The second-order valence-corrected chi connectivity index (χ2v) is 7.04. The highest BCUT2D eigenvalue weighted by Gasteiger charge is 2.21. The molecule has 0 radical (unpaired) electrons. The molecule has 146 valence electrons. The monoisotopic (exact) mass is 392 g/mol. The molecule has 0 bridgehead atoms. The first-order chi connectivity index (χ1) is 14.8. The number of nitrogens with zero attached hydrogens (tertiary/aromatic N) is 2. The first-order valence-electron chi connectivity index (χ1n) is 9.90. The van der Waals surface area contributed by atoms with Crippen LogP contribution in [0.15, 0.2) is 108 Å². The highest BCUT2D eigenvalue weighted by atomic mass is 16.5. The number of aliphatic imine (C=N–C) groups is 1. The molecule has 0 saturated carbocycles. The van der Waals surface area contributed by atoms with Gasteiger partial charge < -0.3 is 9.47 Å². The quantitative estimate of drug-likeness (QED) is 0.415. The molecular weight excluding hydrogens is 372 g/mol. The van der Waals surface area contributed by atoms with E-state index in [4.69, 9.17) is 14.5 Å². The van der Waals surface area contributed by atoms with Gasteiger partial charge in [0, 0.05) is 17.3 Å². The summed E-state index contributed by atoms with van der Waals surface area (Å²) in [6.45, 7) is 0.552. The second-order valence-electron chi connectivity index (χ2n) is 7.04. The van der Waals surface area contributed by atoms with Gasteiger partial charge >= 0.3 is 0 Å². The zero-order valence-electron chi connectivity index (χ0n) is 16.3. The number of pyridine rings is 1. The molecule has 30 heavy (non-hydrogen) atoms. The van der Waals surface area contributed by atoms with Crippen LogP contribution in [0.1, 0.15) is 17.2 Å². The standard InChI is InChI=1S/C26H20N2O2/c1-2-8-19(9-3-1)25-18-29-26(28-25)21-11-7-13-23(17-21)30-22-12-6-10-20(16-22)24-14-4-5-15-27-24/h1-17,25H,18H2/t25-/m1/s1. The molecule has 2 heterocycles. The van der Waals surface area contributed by atoms with E-state index in [-0.39, 0.29) is 6.04 Å². The minimum Gasteiger partial charge on any atom is -0.475 e. The first-order valence-corrected chi connectivity index (χ1v) is 9.90. The third kappa shape index (κ3) is 3.94. The number of ether oxygens (including phenoxy) is 2. The van der Waals surface area contributed by atoms with E-state index in [0.29, 0.717) is 12.5 Å². The number of rotatable bonds is 5. The number of hydrogen-bond acceptors (Lipinski definition) is 4. The summed E-state index contributed by atoms with van der Waals surface area (Å²) in [5.74, 6) is 2.14. The van der Waals surface area contributed by atoms with Crippen LogP contribution in [0, 0.1) is 0 Å². The van der Waals surface area contributed by atoms with Gasteiger partial charge in [0.15, 0.2) is 0 Å². The molecule has 1 aliphatic heterocycles. The Balaban J connectivity index is 1.36. The predicted octanol–water partition coefficient (Wildman–Crippen LogP) is 6.06. The lowest BCUT2D eigenvalue weighted by molar-refractivity contribution is 0.319. The van der Waals surface area contributed by atoms with Crippen LogP contribution in [0.3, 0.4) is 0 Å². The Labute approximate surface area is 175 Å². The smallest absolute Gasteiger partial charge is 0.217 e. The second kappa shape index (κ2) is 8.21. The van der Waals surface area contributed by atoms with Crippen molar-refractivity contribution in [1.82, 2.24) is 4.98 Å². The third-order valence-electron chi connectivity index (χ3n) is 4.95. The number of benzene rings is 3. The van der Waals surface area contributed by atoms with E-state index in [1.54, 1.807) is 6.20 Å². The van der Waals surface area contributed by atoms with Gasteiger partial charge in [-0.1, -0.05) is 54.6 Å². The van der Waals surface area contributed by atoms with E-state index in [1.165, 1.54) is 0 Å². The Morgan fingerprint density at radius 1 is 0.733 bits per heavy atom. The molecule has 4 aromatic rings. The Hall–Kier alpha value is -3.92. The van der Waals surface area contributed by atoms with E-state index in [1.807, 2.05) is 84.9 Å². The van der Waals surface area contributed by atoms with Gasteiger partial charge in [-0.15, -0.1) is 0 Å². The minimum atomic E-state index is 0.0285. The van der Waals surface area contributed by atoms with Crippen LogP contribution < -0.4 is 4.74 Å². The van der Waals surface area contributed by atoms with Gasteiger partial charge in [0.25, 0.3) is 0 Å². The molecule has 4 nitrogen and oxygen atoms in total. The molecule has 0 unspecified atom stereocenters. The molecule has 3 aromatic carbocycles. The van der Waals surface area contributed by atoms with E-state index >= 15 is 0 Å². The molecule has 1 aliphatic rings. The molecule has 1 atom stereocenters. The molecule has 0 fully saturated rings. The summed E-state index contributed by atoms with van der Waals surface area (Å²) in [5.41, 5.74) is 3.99. The lowest BCUT2D eigenvalue weighted by Gasteiger charge is -2.09. The van der Waals surface area contributed by atoms with Crippen LogP contribution in [-0.2, 0) is 4.74 Å². The van der Waals surface area contributed by atoms with Crippen molar-refractivity contribution in [2.45, 2.75) is 6.04 Å². The number of aromatic nitrogens is 1. The molecule has 0 spiro atoms. The van der Waals surface area contributed by atoms with E-state index in [0.717, 1.165) is 33.9 Å². The number of hydrogen-bond donors (Lipinski definition) is 0. The van der Waals surface area contributed by atoms with Crippen molar-refractivity contribution < 1.29 is 9.47 Å². The average molecular weight is 392 g/mol. The van der Waals surface area contributed by atoms with Crippen LogP contribution in [0.5, 0.6) is 11.5 Å². The van der Waals surface area contributed by atoms with Gasteiger partial charge in [0.1, 0.15) is 24.1 Å². The fraction of sp³-hybridized carbons (Fsp3) is 0.0769. The molecule has 5 rings (SSSR count). The van der Waals surface area contributed by atoms with Crippen molar-refractivity contribution >= 4 is 5.90 Å². The first kappa shape index (κ1) is 18.1. The van der Waals surface area contributed by atoms with Crippen LogP contribution >= 0.6 is 0 Å². The van der Waals surface area contributed by atoms with Gasteiger partial charge in [-0.25, -0.2) is 4.99 Å². The van der Waals surface area contributed by atoms with Crippen LogP contribution in [0.2, 0.25) is 0 Å². The molecule has 0 N–H and O–H groups in total. The molecular formula is C26H20N2O2. The average Bonchev–Trinajstić information content (AvgIpc) is 3.31. The lowest BCUT2D eigenvalue weighted by Crippen LogP contribution is -2.01. The topological polar surface area (TPSA) is 43.7 Å². The molecule has 1 aromatic heterocycles. The summed E-state index contributed by atoms with van der Waals surface area (Å²) in [5, 5.41) is 0. The molecule has 0 aliphatic carbocycles. The summed E-state index contributed by atoms with van der Waals surface area (Å²) < 4.78 is 12.0. The summed E-state index contributed by atoms with van der Waals surface area (Å²) in [7, 11) is 0. The molecule has 0 saturated heterocycles. The fourth-order valence-corrected chi connectivity index (χ4v) is 3.46. The maximum atomic E-state index is 6.11. The van der Waals surface area contributed by atoms with Crippen molar-refractivity contribution in [3.05, 3.63) is 114 Å². The maximum Gasteiger partial charge on any atom is 0.217 e. The van der Waals surface area contributed by atoms with Crippen molar-refractivity contribution in [2.75, 3.05) is 6.61 Å². The van der Waals surface area contributed by atoms with E-state index < -0.39 is 0 Å². The molecule has 0 amide bonds. The predicted molar refractivity (Wildman–Crippen MR) is 118 cm³/mol. The van der Waals surface area contributed by atoms with Gasteiger partial charge in [-0.3, -0.25) is 4.98 Å². The zero-order valence-corrected chi connectivity index (χ0v) is 16.3. The van der Waals surface area contributed by atoms with Crippen LogP contribution in [0.25, 0.3) is 11.3 Å². The van der Waals surface area contributed by atoms with Gasteiger partial charge in [-0.2, -0.15) is 0 Å². The lowest BCUT2D eigenvalue weighted by atomic mass is 10.1. The van der Waals surface area contributed by atoms with Crippen molar-refractivity contribution in [3.63, 3.8) is 0 Å². The normalized spacial score (nSPS) is 15.3. The Morgan fingerprint density at radius 2 is 1.47 bits per heavy atom. The van der Waals surface area contributed by atoms with Gasteiger partial charge in [-0.05, 0) is 48.0 Å². The summed E-state index contributed by atoms with van der Waals surface area (Å²) in [6.07, 6.45) is 1.79. The van der Waals surface area contributed by atoms with Gasteiger partial charge in [0.2, 0.25) is 5.90 Å².